The van der Waals surface area contributed by atoms with E-state index in [1.807, 2.05) is 75.4 Å². The van der Waals surface area contributed by atoms with Crippen molar-refractivity contribution in [3.63, 3.8) is 0 Å². The summed E-state index contributed by atoms with van der Waals surface area (Å²) in [5, 5.41) is 90.1. The largest absolute Gasteiger partial charge is 0.508 e. The van der Waals surface area contributed by atoms with Gasteiger partial charge in [0.1, 0.15) is 18.0 Å². The molecule has 1 amide bonds. The van der Waals surface area contributed by atoms with Crippen LogP contribution in [0.1, 0.15) is 137 Å². The van der Waals surface area contributed by atoms with E-state index in [0.717, 1.165) is 27.8 Å². The molecule has 8 rings (SSSR count). The standard InChI is InChI=1S/C63H84N6O9/c1-35(2)18-25-51(72)36(3)10-6-15-46-52(73)17-9-14-42-32-63(58(76)56(42)46)50-24-23-44(71)29-38-11-7-12-39(28-38)30-48(49(33-68-61(65)66)40-19-21-43(70)22-20-40)54(75)34-67-57-55-41(13-8-16-47(55)59(64)69-60(57)77)31-53(74)37(4)45(50)26-27-62(63,5)78/h6-8,10-13,15-16,18-22,28,42,44,48-52,54,56-59,67,70-73,75-76,78H,3,9,14,17,23-27,29-34,64H2,1-2,4-5H3,(H,69,77)(H4,65,66,68)/b10-6+,45-37+,46-15-/t42-,44-,48+,49+,50+,51+,52-,54+,56+,57-,58+,59-,62+,63+/m0/s1. The highest BCUT2D eigenvalue weighted by Crippen LogP contribution is 2.66. The molecule has 14 atom stereocenters. The number of aliphatic hydroxyl groups is 6. The summed E-state index contributed by atoms with van der Waals surface area (Å²) >= 11 is 0. The van der Waals surface area contributed by atoms with Crippen LogP contribution < -0.4 is 27.8 Å². The number of nitrogens with zero attached hydrogens (tertiary/aromatic N) is 1. The maximum Gasteiger partial charge on any atom is 0.243 e. The summed E-state index contributed by atoms with van der Waals surface area (Å²) in [5.74, 6) is -2.92. The van der Waals surface area contributed by atoms with Gasteiger partial charge in [0.05, 0.1) is 36.1 Å². The van der Waals surface area contributed by atoms with Gasteiger partial charge < -0.3 is 58.3 Å². The monoisotopic (exact) mass is 1070 g/mol. The zero-order valence-corrected chi connectivity index (χ0v) is 45.8. The summed E-state index contributed by atoms with van der Waals surface area (Å²) in [6.45, 7) is 11.7. The van der Waals surface area contributed by atoms with Crippen LogP contribution in [-0.4, -0.2) is 103 Å². The Hall–Kier alpha value is -5.75. The number of carbonyl (C=O) groups excluding carboxylic acids is 2. The lowest BCUT2D eigenvalue weighted by Gasteiger charge is -2.56. The molecular formula is C63H84N6O9. The first-order valence-corrected chi connectivity index (χ1v) is 28.0. The van der Waals surface area contributed by atoms with Gasteiger partial charge in [-0.05, 0) is 172 Å². The Morgan fingerprint density at radius 1 is 0.962 bits per heavy atom. The first-order chi connectivity index (χ1) is 37.1. The Balaban J connectivity index is 1.22. The van der Waals surface area contributed by atoms with Gasteiger partial charge in [-0.3, -0.25) is 19.9 Å². The van der Waals surface area contributed by atoms with Crippen molar-refractivity contribution in [3.05, 3.63) is 159 Å². The van der Waals surface area contributed by atoms with E-state index in [4.69, 9.17) is 17.2 Å². The van der Waals surface area contributed by atoms with Crippen molar-refractivity contribution in [1.29, 1.82) is 0 Å². The number of nitrogens with one attached hydrogen (secondary N) is 2. The number of ketones is 1. The highest BCUT2D eigenvalue weighted by atomic mass is 16.3. The number of rotatable bonds is 9. The molecular weight excluding hydrogens is 985 g/mol. The lowest BCUT2D eigenvalue weighted by atomic mass is 9.52. The topological polar surface area (TPSA) is 290 Å². The minimum absolute atomic E-state index is 0.0646. The normalized spacial score (nSPS) is 33.2. The number of allylic oxidation sites excluding steroid dienone is 5. The number of carbonyl (C=O) groups is 2. The van der Waals surface area contributed by atoms with Gasteiger partial charge in [0.2, 0.25) is 5.91 Å². The fraction of sp³-hybridized carbons (Fsp3) is 0.508. The van der Waals surface area contributed by atoms with Gasteiger partial charge in [-0.15, -0.1) is 0 Å². The summed E-state index contributed by atoms with van der Waals surface area (Å²) < 4.78 is 0. The van der Waals surface area contributed by atoms with Gasteiger partial charge >= 0.3 is 0 Å². The van der Waals surface area contributed by atoms with Gasteiger partial charge in [0.25, 0.3) is 0 Å². The van der Waals surface area contributed by atoms with Crippen LogP contribution in [0.15, 0.2) is 130 Å². The minimum Gasteiger partial charge on any atom is -0.508 e. The number of phenolic OH excluding ortho intramolecular Hbond substituents is 1. The third-order valence-electron chi connectivity index (χ3n) is 18.2. The summed E-state index contributed by atoms with van der Waals surface area (Å²) in [7, 11) is 0. The van der Waals surface area contributed by atoms with E-state index >= 15 is 4.79 Å². The number of hydrogen-bond donors (Lipinski definition) is 12. The third-order valence-corrected chi connectivity index (χ3v) is 18.2. The second kappa shape index (κ2) is 24.7. The number of guanidine groups is 1. The fourth-order valence-electron chi connectivity index (χ4n) is 14.1. The Morgan fingerprint density at radius 3 is 2.40 bits per heavy atom. The van der Waals surface area contributed by atoms with Gasteiger partial charge in [0, 0.05) is 36.8 Å². The Kier molecular flexibility index (Phi) is 18.5. The number of phenols is 1. The van der Waals surface area contributed by atoms with E-state index in [-0.39, 0.29) is 62.2 Å². The predicted molar refractivity (Wildman–Crippen MR) is 303 cm³/mol. The van der Waals surface area contributed by atoms with Crippen LogP contribution in [0.2, 0.25) is 0 Å². The fourth-order valence-corrected chi connectivity index (χ4v) is 14.1. The van der Waals surface area contributed by atoms with E-state index in [9.17, 15) is 40.5 Å². The molecule has 3 aliphatic carbocycles. The number of hydrogen-bond acceptors (Lipinski definition) is 12. The Bertz CT molecular complexity index is 2830. The molecule has 420 valence electrons. The second-order valence-electron chi connectivity index (χ2n) is 23.5. The lowest BCUT2D eigenvalue weighted by Crippen LogP contribution is -2.59. The van der Waals surface area contributed by atoms with Crippen LogP contribution in [-0.2, 0) is 28.9 Å². The molecule has 15 nitrogen and oxygen atoms in total. The first kappa shape index (κ1) is 58.4. The van der Waals surface area contributed by atoms with Gasteiger partial charge in [-0.1, -0.05) is 103 Å². The number of Topliss-reactive ketones (excluding diaryl/α,β-unsaturated/α-hetero) is 1. The van der Waals surface area contributed by atoms with Crippen LogP contribution in [0.25, 0.3) is 0 Å². The van der Waals surface area contributed by atoms with Gasteiger partial charge in [0.15, 0.2) is 11.7 Å². The average Bonchev–Trinajstić information content (AvgIpc) is 3.63. The van der Waals surface area contributed by atoms with Crippen molar-refractivity contribution in [3.8, 4) is 5.75 Å². The molecule has 0 saturated heterocycles. The third kappa shape index (κ3) is 12.5. The maximum atomic E-state index is 15.2. The number of nitrogens with two attached hydrogens (primary N) is 3. The molecule has 3 aromatic rings. The van der Waals surface area contributed by atoms with E-state index in [0.29, 0.717) is 84.8 Å². The Morgan fingerprint density at radius 2 is 1.68 bits per heavy atom. The predicted octanol–water partition coefficient (Wildman–Crippen LogP) is 5.96. The number of amides is 1. The van der Waals surface area contributed by atoms with Crippen LogP contribution in [0.5, 0.6) is 5.75 Å². The summed E-state index contributed by atoms with van der Waals surface area (Å²) in [6, 6.07) is 19.0. The van der Waals surface area contributed by atoms with Crippen LogP contribution in [0.4, 0.5) is 0 Å². The van der Waals surface area contributed by atoms with Crippen LogP contribution in [0, 0.1) is 29.1 Å². The van der Waals surface area contributed by atoms with E-state index in [1.54, 1.807) is 43.3 Å². The summed E-state index contributed by atoms with van der Waals surface area (Å²) in [5.41, 5.74) is 23.7. The molecule has 78 heavy (non-hydrogen) atoms. The Labute approximate surface area is 459 Å². The van der Waals surface area contributed by atoms with Crippen LogP contribution >= 0.6 is 0 Å². The quantitative estimate of drug-likeness (QED) is 0.0511. The lowest BCUT2D eigenvalue weighted by molar-refractivity contribution is -0.169. The second-order valence-corrected chi connectivity index (χ2v) is 23.5. The van der Waals surface area contributed by atoms with Gasteiger partial charge in [-0.2, -0.15) is 0 Å². The molecule has 1 spiro atoms. The molecule has 2 heterocycles. The number of benzene rings is 3. The van der Waals surface area contributed by atoms with Crippen molar-refractivity contribution < 1.29 is 45.3 Å². The van der Waals surface area contributed by atoms with E-state index in [1.165, 1.54) is 0 Å². The molecule has 15 N–H and O–H groups in total. The molecule has 2 bridgehead atoms. The van der Waals surface area contributed by atoms with Crippen molar-refractivity contribution >= 4 is 17.6 Å². The van der Waals surface area contributed by atoms with E-state index in [2.05, 4.69) is 22.2 Å². The van der Waals surface area contributed by atoms with Crippen molar-refractivity contribution in [2.24, 2.45) is 51.3 Å². The molecule has 0 aromatic heterocycles. The molecule has 5 aliphatic rings. The summed E-state index contributed by atoms with van der Waals surface area (Å²) in [4.78, 5) is 33.8. The molecule has 0 unspecified atom stereocenters. The molecule has 3 aromatic carbocycles. The summed E-state index contributed by atoms with van der Waals surface area (Å²) in [6.07, 6.45) is 6.25. The molecule has 15 heteroatoms. The number of aliphatic hydroxyl groups excluding tert-OH is 5. The highest BCUT2D eigenvalue weighted by Gasteiger charge is 2.67. The number of β-amino-alcohol motifs (C(OH)–C–C–N with tert-alkyl or cyclic N) is 1. The highest BCUT2D eigenvalue weighted by molar-refractivity contribution is 5.98. The molecule has 3 saturated carbocycles. The minimum atomic E-state index is -1.42. The molecule has 0 radical (unpaired) electrons. The van der Waals surface area contributed by atoms with Crippen molar-refractivity contribution in [2.45, 2.75) is 159 Å². The number of aromatic hydroxyl groups is 1. The molecule has 2 aliphatic heterocycles. The SMILES string of the molecule is C=C(/C=C/C=C1\[C@H]2[C@@H](CCC[C@@H]1O)C[C@@]1([C@@H]3CC[C@H](O)Cc4cccc(c4)C[C@H]([C@H](CN=C(N)N)c4ccc(O)cc4)[C@H](O)CN[C@@H]4C(=O)N[C@H](N)c5cccc(c54)CC(=O)/C(C)=C/3CC[C@@]1(C)O)[C@@H]2O)[C@H](O)CC=C(C)C. The number of fused-ring (bicyclic) bond motifs is 5. The zero-order valence-electron chi connectivity index (χ0n) is 45.8. The molecule has 3 fully saturated rings. The number of aliphatic imine (C=N–C) groups is 1. The van der Waals surface area contributed by atoms with Crippen molar-refractivity contribution in [1.82, 2.24) is 10.6 Å². The smallest absolute Gasteiger partial charge is 0.243 e. The first-order valence-electron chi connectivity index (χ1n) is 28.0. The van der Waals surface area contributed by atoms with Gasteiger partial charge in [-0.25, -0.2) is 0 Å². The van der Waals surface area contributed by atoms with E-state index < -0.39 is 83.3 Å². The maximum absolute atomic E-state index is 15.2. The zero-order chi connectivity index (χ0) is 56.2. The average molecular weight is 1070 g/mol. The van der Waals surface area contributed by atoms with Crippen molar-refractivity contribution in [2.75, 3.05) is 13.1 Å². The van der Waals surface area contributed by atoms with Crippen LogP contribution in [0.3, 0.4) is 0 Å².